The number of thiazole rings is 1. The fourth-order valence-electron chi connectivity index (χ4n) is 3.93. The van der Waals surface area contributed by atoms with E-state index in [4.69, 9.17) is 10.7 Å². The number of nitrogens with two attached hydrogens (primary N) is 1. The molecule has 2 atom stereocenters. The van der Waals surface area contributed by atoms with Gasteiger partial charge >= 0.3 is 0 Å². The van der Waals surface area contributed by atoms with Gasteiger partial charge in [0.1, 0.15) is 0 Å². The van der Waals surface area contributed by atoms with Crippen molar-refractivity contribution in [2.24, 2.45) is 5.73 Å². The Morgan fingerprint density at radius 3 is 2.81 bits per heavy atom. The largest absolute Gasteiger partial charge is 0.341 e. The third-order valence-corrected chi connectivity index (χ3v) is 6.48. The quantitative estimate of drug-likeness (QED) is 0.685. The second-order valence-electron chi connectivity index (χ2n) is 7.37. The van der Waals surface area contributed by atoms with Gasteiger partial charge in [-0.3, -0.25) is 0 Å². The van der Waals surface area contributed by atoms with E-state index in [0.29, 0.717) is 12.1 Å². The Kier molecular flexibility index (Phi) is 4.96. The first-order valence-corrected chi connectivity index (χ1v) is 10.5. The molecule has 1 aliphatic rings. The summed E-state index contributed by atoms with van der Waals surface area (Å²) in [7, 11) is 0. The predicted octanol–water partition coefficient (Wildman–Crippen LogP) is 5.09. The van der Waals surface area contributed by atoms with Crippen molar-refractivity contribution in [1.82, 2.24) is 4.98 Å². The first kappa shape index (κ1) is 17.5. The fraction of sp³-hybridized carbons (Fsp3) is 0.409. The van der Waals surface area contributed by atoms with Crippen molar-refractivity contribution >= 4 is 26.7 Å². The molecule has 3 aromatic rings. The van der Waals surface area contributed by atoms with E-state index in [1.807, 2.05) is 11.3 Å². The van der Waals surface area contributed by atoms with Crippen LogP contribution < -0.4 is 10.6 Å². The lowest BCUT2D eigenvalue weighted by Crippen LogP contribution is -2.27. The summed E-state index contributed by atoms with van der Waals surface area (Å²) < 4.78 is 1.29. The number of rotatable bonds is 5. The van der Waals surface area contributed by atoms with Crippen LogP contribution in [0.4, 0.5) is 5.13 Å². The van der Waals surface area contributed by atoms with Crippen molar-refractivity contribution in [3.05, 3.63) is 59.2 Å². The highest BCUT2D eigenvalue weighted by Crippen LogP contribution is 2.36. The van der Waals surface area contributed by atoms with Crippen molar-refractivity contribution in [2.75, 3.05) is 11.4 Å². The van der Waals surface area contributed by atoms with Crippen LogP contribution in [0, 0.1) is 0 Å². The molecule has 0 aliphatic heterocycles. The van der Waals surface area contributed by atoms with Gasteiger partial charge < -0.3 is 10.6 Å². The monoisotopic (exact) mass is 365 g/mol. The van der Waals surface area contributed by atoms with Gasteiger partial charge in [-0.2, -0.15) is 0 Å². The molecule has 1 aliphatic carbocycles. The number of hydrogen-bond acceptors (Lipinski definition) is 4. The van der Waals surface area contributed by atoms with Gasteiger partial charge in [0.05, 0.1) is 16.3 Å². The minimum atomic E-state index is 0.307. The maximum atomic E-state index is 6.17. The summed E-state index contributed by atoms with van der Waals surface area (Å²) >= 11 is 1.82. The Balaban J connectivity index is 1.71. The first-order valence-electron chi connectivity index (χ1n) is 9.65. The molecule has 136 valence electrons. The molecular formula is C22H27N3S. The molecule has 1 aromatic heterocycles. The van der Waals surface area contributed by atoms with Crippen LogP contribution in [-0.4, -0.2) is 17.6 Å². The van der Waals surface area contributed by atoms with Crippen molar-refractivity contribution in [3.63, 3.8) is 0 Å². The summed E-state index contributed by atoms with van der Waals surface area (Å²) in [5.41, 5.74) is 11.5. The minimum absolute atomic E-state index is 0.307. The maximum Gasteiger partial charge on any atom is 0.186 e. The molecule has 0 bridgehead atoms. The van der Waals surface area contributed by atoms with E-state index in [9.17, 15) is 0 Å². The minimum Gasteiger partial charge on any atom is -0.341 e. The Labute approximate surface area is 159 Å². The highest BCUT2D eigenvalue weighted by molar-refractivity contribution is 7.22. The Morgan fingerprint density at radius 1 is 1.23 bits per heavy atom. The average molecular weight is 366 g/mol. The number of aryl methyl sites for hydroxylation is 1. The van der Waals surface area contributed by atoms with Gasteiger partial charge in [0.25, 0.3) is 0 Å². The van der Waals surface area contributed by atoms with Crippen LogP contribution in [0.5, 0.6) is 0 Å². The fourth-order valence-corrected chi connectivity index (χ4v) is 5.04. The van der Waals surface area contributed by atoms with Crippen LogP contribution in [-0.2, 0) is 12.8 Å². The molecule has 0 saturated heterocycles. The highest BCUT2D eigenvalue weighted by atomic mass is 32.1. The van der Waals surface area contributed by atoms with Crippen LogP contribution in [0.25, 0.3) is 10.2 Å². The van der Waals surface area contributed by atoms with E-state index < -0.39 is 0 Å². The average Bonchev–Trinajstić information content (AvgIpc) is 3.06. The van der Waals surface area contributed by atoms with E-state index >= 15 is 0 Å². The topological polar surface area (TPSA) is 42.2 Å². The smallest absolute Gasteiger partial charge is 0.186 e. The Bertz CT molecular complexity index is 887. The summed E-state index contributed by atoms with van der Waals surface area (Å²) in [6.45, 7) is 5.53. The Hall–Kier alpha value is -1.91. The molecule has 0 amide bonds. The molecule has 26 heavy (non-hydrogen) atoms. The molecule has 0 spiro atoms. The molecule has 2 aromatic carbocycles. The third-order valence-electron chi connectivity index (χ3n) is 5.42. The van der Waals surface area contributed by atoms with Crippen LogP contribution >= 0.6 is 11.3 Å². The number of anilines is 1. The summed E-state index contributed by atoms with van der Waals surface area (Å²) in [6, 6.07) is 16.0. The molecule has 4 rings (SSSR count). The lowest BCUT2D eigenvalue weighted by Gasteiger charge is -2.28. The van der Waals surface area contributed by atoms with Crippen molar-refractivity contribution in [3.8, 4) is 0 Å². The molecule has 2 unspecified atom stereocenters. The number of benzene rings is 2. The molecular weight excluding hydrogens is 338 g/mol. The van der Waals surface area contributed by atoms with Crippen LogP contribution in [0.3, 0.4) is 0 Å². The second kappa shape index (κ2) is 7.37. The van der Waals surface area contributed by atoms with Crippen LogP contribution in [0.2, 0.25) is 0 Å². The third kappa shape index (κ3) is 3.36. The van der Waals surface area contributed by atoms with Gasteiger partial charge in [0.15, 0.2) is 5.13 Å². The van der Waals surface area contributed by atoms with Gasteiger partial charge in [0, 0.05) is 12.6 Å². The zero-order valence-corrected chi connectivity index (χ0v) is 16.4. The lowest BCUT2D eigenvalue weighted by atomic mass is 9.89. The predicted molar refractivity (Wildman–Crippen MR) is 112 cm³/mol. The SMILES string of the molecule is CCCN(c1nc2cc3c(cc2s1)CC(N)CC3)C(C)c1ccccc1. The van der Waals surface area contributed by atoms with Gasteiger partial charge in [-0.1, -0.05) is 48.6 Å². The van der Waals surface area contributed by atoms with Gasteiger partial charge in [-0.05, 0) is 61.4 Å². The molecule has 0 radical (unpaired) electrons. The molecule has 0 saturated carbocycles. The normalized spacial score (nSPS) is 17.9. The standard InChI is InChI=1S/C22H27N3S/c1-3-11-25(15(2)16-7-5-4-6-8-16)22-24-20-13-17-9-10-19(23)12-18(17)14-21(20)26-22/h4-8,13-15,19H,3,9-12,23H2,1-2H3. The van der Waals surface area contributed by atoms with E-state index in [-0.39, 0.29) is 0 Å². The summed E-state index contributed by atoms with van der Waals surface area (Å²) in [6.07, 6.45) is 4.27. The molecule has 0 fully saturated rings. The van der Waals surface area contributed by atoms with Gasteiger partial charge in [-0.25, -0.2) is 4.98 Å². The zero-order chi connectivity index (χ0) is 18.1. The molecule has 2 N–H and O–H groups in total. The number of fused-ring (bicyclic) bond motifs is 2. The number of aromatic nitrogens is 1. The van der Waals surface area contributed by atoms with E-state index in [1.54, 1.807) is 0 Å². The van der Waals surface area contributed by atoms with Crippen molar-refractivity contribution in [1.29, 1.82) is 0 Å². The van der Waals surface area contributed by atoms with Crippen LogP contribution in [0.1, 0.15) is 49.4 Å². The summed E-state index contributed by atoms with van der Waals surface area (Å²) in [5.74, 6) is 0. The van der Waals surface area contributed by atoms with Crippen LogP contribution in [0.15, 0.2) is 42.5 Å². The van der Waals surface area contributed by atoms with E-state index in [1.165, 1.54) is 21.4 Å². The van der Waals surface area contributed by atoms with Crippen molar-refractivity contribution in [2.45, 2.75) is 51.6 Å². The molecule has 1 heterocycles. The van der Waals surface area contributed by atoms with Crippen molar-refractivity contribution < 1.29 is 0 Å². The maximum absolute atomic E-state index is 6.17. The lowest BCUT2D eigenvalue weighted by molar-refractivity contribution is 0.577. The molecule has 4 heteroatoms. The summed E-state index contributed by atoms with van der Waals surface area (Å²) in [4.78, 5) is 7.47. The zero-order valence-electron chi connectivity index (χ0n) is 15.6. The Morgan fingerprint density at radius 2 is 2.04 bits per heavy atom. The van der Waals surface area contributed by atoms with Gasteiger partial charge in [-0.15, -0.1) is 0 Å². The second-order valence-corrected chi connectivity index (χ2v) is 8.38. The summed E-state index contributed by atoms with van der Waals surface area (Å²) in [5, 5.41) is 1.13. The van der Waals surface area contributed by atoms with E-state index in [2.05, 4.69) is 61.2 Å². The number of hydrogen-bond donors (Lipinski definition) is 1. The van der Waals surface area contributed by atoms with E-state index in [0.717, 1.165) is 42.9 Å². The van der Waals surface area contributed by atoms with Gasteiger partial charge in [0.2, 0.25) is 0 Å². The highest BCUT2D eigenvalue weighted by Gasteiger charge is 2.21. The first-order chi connectivity index (χ1) is 12.7. The molecule has 3 nitrogen and oxygen atoms in total. The number of nitrogens with zero attached hydrogens (tertiary/aromatic N) is 2.